The van der Waals surface area contributed by atoms with E-state index in [9.17, 15) is 4.39 Å². The Balaban J connectivity index is 2.53. The summed E-state index contributed by atoms with van der Waals surface area (Å²) in [6.45, 7) is 6.72. The monoisotopic (exact) mass is 273 g/mol. The van der Waals surface area contributed by atoms with Crippen LogP contribution in [0.1, 0.15) is 19.4 Å². The quantitative estimate of drug-likeness (QED) is 0.770. The minimum Gasteiger partial charge on any atom is -0.383 e. The number of halogens is 2. The molecule has 0 radical (unpaired) electrons. The molecule has 0 aliphatic carbocycles. The van der Waals surface area contributed by atoms with Crippen molar-refractivity contribution >= 4 is 11.6 Å². The Kier molecular flexibility index (Phi) is 6.06. The number of benzene rings is 1. The number of ether oxygens (including phenoxy) is 1. The number of rotatable bonds is 7. The fourth-order valence-electron chi connectivity index (χ4n) is 1.84. The molecule has 18 heavy (non-hydrogen) atoms. The van der Waals surface area contributed by atoms with Crippen LogP contribution in [0.2, 0.25) is 5.02 Å². The summed E-state index contributed by atoms with van der Waals surface area (Å²) < 4.78 is 17.9. The first-order chi connectivity index (χ1) is 8.44. The lowest BCUT2D eigenvalue weighted by molar-refractivity contribution is 0.194. The van der Waals surface area contributed by atoms with E-state index in [2.05, 4.69) is 19.2 Å². The molecule has 1 aromatic rings. The largest absolute Gasteiger partial charge is 0.383 e. The van der Waals surface area contributed by atoms with Gasteiger partial charge in [-0.25, -0.2) is 4.39 Å². The Labute approximate surface area is 113 Å². The summed E-state index contributed by atoms with van der Waals surface area (Å²) in [5, 5.41) is 3.84. The molecule has 0 spiro atoms. The van der Waals surface area contributed by atoms with Crippen LogP contribution in [0.3, 0.4) is 0 Å². The maximum atomic E-state index is 13.0. The molecule has 102 valence electrons. The van der Waals surface area contributed by atoms with Crippen LogP contribution in [0.15, 0.2) is 18.2 Å². The van der Waals surface area contributed by atoms with Crippen LogP contribution in [0, 0.1) is 11.2 Å². The summed E-state index contributed by atoms with van der Waals surface area (Å²) in [5.74, 6) is -0.292. The minimum absolute atomic E-state index is 0.0647. The van der Waals surface area contributed by atoms with Gasteiger partial charge in [0, 0.05) is 25.2 Å². The molecule has 0 saturated carbocycles. The van der Waals surface area contributed by atoms with Gasteiger partial charge in [-0.3, -0.25) is 0 Å². The minimum atomic E-state index is -0.292. The third-order valence-electron chi connectivity index (χ3n) is 2.77. The molecule has 1 aromatic carbocycles. The first-order valence-corrected chi connectivity index (χ1v) is 6.46. The summed E-state index contributed by atoms with van der Waals surface area (Å²) >= 11 is 6.04. The number of methoxy groups -OCH3 is 1. The predicted molar refractivity (Wildman–Crippen MR) is 73.6 cm³/mol. The molecule has 0 fully saturated rings. The molecule has 0 amide bonds. The average molecular weight is 274 g/mol. The van der Waals surface area contributed by atoms with Crippen molar-refractivity contribution in [2.45, 2.75) is 20.3 Å². The first-order valence-electron chi connectivity index (χ1n) is 6.08. The molecule has 0 aromatic heterocycles. The van der Waals surface area contributed by atoms with Crippen LogP contribution in [-0.4, -0.2) is 26.8 Å². The van der Waals surface area contributed by atoms with E-state index in [0.29, 0.717) is 11.6 Å². The van der Waals surface area contributed by atoms with Gasteiger partial charge in [-0.1, -0.05) is 31.5 Å². The zero-order valence-corrected chi connectivity index (χ0v) is 12.0. The van der Waals surface area contributed by atoms with Gasteiger partial charge in [-0.15, -0.1) is 0 Å². The van der Waals surface area contributed by atoms with Crippen LogP contribution < -0.4 is 5.32 Å². The molecular weight excluding hydrogens is 253 g/mol. The van der Waals surface area contributed by atoms with Crippen molar-refractivity contribution < 1.29 is 9.13 Å². The van der Waals surface area contributed by atoms with E-state index in [-0.39, 0.29) is 11.2 Å². The van der Waals surface area contributed by atoms with Gasteiger partial charge in [0.05, 0.1) is 6.61 Å². The van der Waals surface area contributed by atoms with Crippen LogP contribution in [0.25, 0.3) is 0 Å². The SMILES string of the molecule is COCCNCC(C)(C)Cc1ccc(F)cc1Cl. The van der Waals surface area contributed by atoms with Gasteiger partial charge in [0.1, 0.15) is 5.82 Å². The molecule has 1 N–H and O–H groups in total. The van der Waals surface area contributed by atoms with Gasteiger partial charge < -0.3 is 10.1 Å². The normalized spacial score (nSPS) is 11.8. The summed E-state index contributed by atoms with van der Waals surface area (Å²) in [5.41, 5.74) is 1.05. The fourth-order valence-corrected chi connectivity index (χ4v) is 2.08. The highest BCUT2D eigenvalue weighted by Crippen LogP contribution is 2.26. The molecule has 0 saturated heterocycles. The van der Waals surface area contributed by atoms with Gasteiger partial charge in [-0.05, 0) is 29.5 Å². The highest BCUT2D eigenvalue weighted by atomic mass is 35.5. The molecule has 0 heterocycles. The third kappa shape index (κ3) is 5.34. The molecule has 0 atom stereocenters. The zero-order valence-electron chi connectivity index (χ0n) is 11.2. The fraction of sp³-hybridized carbons (Fsp3) is 0.571. The second kappa shape index (κ2) is 7.07. The summed E-state index contributed by atoms with van der Waals surface area (Å²) in [4.78, 5) is 0. The summed E-state index contributed by atoms with van der Waals surface area (Å²) in [6, 6.07) is 4.58. The number of hydrogen-bond donors (Lipinski definition) is 1. The molecule has 1 rings (SSSR count). The van der Waals surface area contributed by atoms with Crippen molar-refractivity contribution in [1.29, 1.82) is 0 Å². The van der Waals surface area contributed by atoms with Crippen molar-refractivity contribution in [1.82, 2.24) is 5.32 Å². The standard InChI is InChI=1S/C14H21ClFNO/c1-14(2,10-17-6-7-18-3)9-11-4-5-12(16)8-13(11)15/h4-5,8,17H,6-7,9-10H2,1-3H3. The van der Waals surface area contributed by atoms with E-state index < -0.39 is 0 Å². The molecule has 4 heteroatoms. The Bertz CT molecular complexity index is 382. The highest BCUT2D eigenvalue weighted by molar-refractivity contribution is 6.31. The van der Waals surface area contributed by atoms with Crippen molar-refractivity contribution in [3.63, 3.8) is 0 Å². The highest BCUT2D eigenvalue weighted by Gasteiger charge is 2.19. The number of nitrogens with one attached hydrogen (secondary N) is 1. The maximum Gasteiger partial charge on any atom is 0.124 e. The Morgan fingerprint density at radius 1 is 1.39 bits per heavy atom. The molecule has 0 bridgehead atoms. The summed E-state index contributed by atoms with van der Waals surface area (Å²) in [7, 11) is 1.69. The van der Waals surface area contributed by atoms with Crippen LogP contribution in [0.4, 0.5) is 4.39 Å². The van der Waals surface area contributed by atoms with Gasteiger partial charge in [0.15, 0.2) is 0 Å². The predicted octanol–water partition coefficient (Wildman–Crippen LogP) is 3.28. The lowest BCUT2D eigenvalue weighted by Gasteiger charge is -2.25. The Morgan fingerprint density at radius 3 is 2.72 bits per heavy atom. The second-order valence-electron chi connectivity index (χ2n) is 5.25. The smallest absolute Gasteiger partial charge is 0.124 e. The van der Waals surface area contributed by atoms with Crippen molar-refractivity contribution in [2.24, 2.45) is 5.41 Å². The maximum absolute atomic E-state index is 13.0. The topological polar surface area (TPSA) is 21.3 Å². The van der Waals surface area contributed by atoms with Crippen molar-refractivity contribution in [2.75, 3.05) is 26.8 Å². The average Bonchev–Trinajstić information content (AvgIpc) is 2.28. The van der Waals surface area contributed by atoms with E-state index in [4.69, 9.17) is 16.3 Å². The third-order valence-corrected chi connectivity index (χ3v) is 3.12. The van der Waals surface area contributed by atoms with E-state index in [1.54, 1.807) is 13.2 Å². The lowest BCUT2D eigenvalue weighted by atomic mass is 9.85. The van der Waals surface area contributed by atoms with E-state index in [0.717, 1.165) is 25.1 Å². The first kappa shape index (κ1) is 15.4. The molecule has 0 aliphatic rings. The van der Waals surface area contributed by atoms with Gasteiger partial charge >= 0.3 is 0 Å². The van der Waals surface area contributed by atoms with E-state index in [1.807, 2.05) is 0 Å². The van der Waals surface area contributed by atoms with Crippen molar-refractivity contribution in [3.05, 3.63) is 34.6 Å². The molecule has 0 unspecified atom stereocenters. The van der Waals surface area contributed by atoms with Crippen LogP contribution >= 0.6 is 11.6 Å². The van der Waals surface area contributed by atoms with Crippen molar-refractivity contribution in [3.8, 4) is 0 Å². The molecule has 2 nitrogen and oxygen atoms in total. The molecule has 0 aliphatic heterocycles. The summed E-state index contributed by atoms with van der Waals surface area (Å²) in [6.07, 6.45) is 0.812. The Morgan fingerprint density at radius 2 is 2.11 bits per heavy atom. The zero-order chi connectivity index (χ0) is 13.6. The lowest BCUT2D eigenvalue weighted by Crippen LogP contribution is -2.33. The Hall–Kier alpha value is -0.640. The molecular formula is C14H21ClFNO. The van der Waals surface area contributed by atoms with Gasteiger partial charge in [0.25, 0.3) is 0 Å². The van der Waals surface area contributed by atoms with Crippen LogP contribution in [0.5, 0.6) is 0 Å². The van der Waals surface area contributed by atoms with E-state index >= 15 is 0 Å². The number of hydrogen-bond acceptors (Lipinski definition) is 2. The second-order valence-corrected chi connectivity index (χ2v) is 5.65. The van der Waals surface area contributed by atoms with E-state index in [1.165, 1.54) is 12.1 Å². The van der Waals surface area contributed by atoms with Crippen LogP contribution in [-0.2, 0) is 11.2 Å². The van der Waals surface area contributed by atoms with Gasteiger partial charge in [0.2, 0.25) is 0 Å². The van der Waals surface area contributed by atoms with Gasteiger partial charge in [-0.2, -0.15) is 0 Å².